The van der Waals surface area contributed by atoms with E-state index in [4.69, 9.17) is 37.0 Å². The van der Waals surface area contributed by atoms with Crippen LogP contribution in [0, 0.1) is 0 Å². The molecule has 3 N–H and O–H groups in total. The number of ether oxygens (including phenoxy) is 4. The molecule has 0 aliphatic rings. The molecular weight excluding hydrogens is 1310 g/mol. The topological polar surface area (TPSA) is 237 Å². The molecule has 0 spiro atoms. The molecule has 0 heterocycles. The van der Waals surface area contributed by atoms with Crippen molar-refractivity contribution in [3.05, 3.63) is 60.8 Å². The predicted molar refractivity (Wildman–Crippen MR) is 409 cm³/mol. The molecule has 0 aliphatic heterocycles. The highest BCUT2D eigenvalue weighted by Crippen LogP contribution is 2.45. The fourth-order valence-corrected chi connectivity index (χ4v) is 12.8. The summed E-state index contributed by atoms with van der Waals surface area (Å²) in [6.07, 6.45) is 73.3. The fraction of sp³-hybridized carbons (Fsp3) is 0.827. The Hall–Kier alpha value is -3.24. The number of aliphatic hydroxyl groups is 1. The third-order valence-electron chi connectivity index (χ3n) is 17.4. The van der Waals surface area contributed by atoms with E-state index in [1.54, 1.807) is 0 Å². The molecule has 17 nitrogen and oxygen atoms in total. The van der Waals surface area contributed by atoms with Crippen LogP contribution in [-0.2, 0) is 65.4 Å². The summed E-state index contributed by atoms with van der Waals surface area (Å²) in [6, 6.07) is 0. The number of rotatable bonds is 77. The number of esters is 4. The zero-order chi connectivity index (χ0) is 73.2. The first-order chi connectivity index (χ1) is 48.7. The first-order valence-corrected chi connectivity index (χ1v) is 43.5. The number of phosphoric ester groups is 2. The molecule has 0 bridgehead atoms. The van der Waals surface area contributed by atoms with Crippen LogP contribution in [0.1, 0.15) is 374 Å². The van der Waals surface area contributed by atoms with Crippen LogP contribution in [0.25, 0.3) is 0 Å². The summed E-state index contributed by atoms with van der Waals surface area (Å²) in [4.78, 5) is 73.0. The monoisotopic (exact) mass is 1460 g/mol. The number of phosphoric acid groups is 2. The van der Waals surface area contributed by atoms with Crippen LogP contribution < -0.4 is 0 Å². The van der Waals surface area contributed by atoms with Crippen LogP contribution in [0.5, 0.6) is 0 Å². The molecule has 0 aliphatic carbocycles. The van der Waals surface area contributed by atoms with Crippen LogP contribution in [0.15, 0.2) is 60.8 Å². The third-order valence-corrected chi connectivity index (χ3v) is 19.3. The molecule has 2 unspecified atom stereocenters. The van der Waals surface area contributed by atoms with Gasteiger partial charge in [-0.05, 0) is 135 Å². The predicted octanol–water partition coefficient (Wildman–Crippen LogP) is 23.5. The Balaban J connectivity index is 5.36. The van der Waals surface area contributed by atoms with E-state index < -0.39 is 97.5 Å². The maximum absolute atomic E-state index is 13.1. The zero-order valence-corrected chi connectivity index (χ0v) is 65.7. The standard InChI is InChI=1S/C81H148O17P2/c1-5-9-13-17-21-25-29-33-37-41-45-49-53-57-61-65-78(83)91-71-76(97-80(85)67-63-59-55-51-47-43-39-35-31-27-23-19-15-11-7-3)73-95-99(87,88)93-69-75(82)70-94-100(89,90)96-74-77(98-81(86)68-64-60-56-52-48-44-40-36-32-28-24-20-16-12-8-4)72-92-79(84)66-62-58-54-50-46-42-38-34-30-26-22-18-14-10-6-2/h23,27,33-40,75-77,82H,5-22,24-26,28-32,41-74H2,1-4H3,(H,87,88)(H,89,90)/b27-23-,37-33-,38-34-,39-35-,40-36-/t75-,76-,77-/m1/s1. The largest absolute Gasteiger partial charge is 0.472 e. The van der Waals surface area contributed by atoms with Gasteiger partial charge in [-0.3, -0.25) is 37.3 Å². The van der Waals surface area contributed by atoms with Gasteiger partial charge in [0.1, 0.15) is 19.3 Å². The van der Waals surface area contributed by atoms with Crippen molar-refractivity contribution in [1.29, 1.82) is 0 Å². The van der Waals surface area contributed by atoms with Crippen molar-refractivity contribution in [1.82, 2.24) is 0 Å². The summed E-state index contributed by atoms with van der Waals surface area (Å²) in [5, 5.41) is 10.6. The maximum atomic E-state index is 13.1. The van der Waals surface area contributed by atoms with Crippen molar-refractivity contribution in [2.45, 2.75) is 393 Å². The lowest BCUT2D eigenvalue weighted by Gasteiger charge is -2.21. The first kappa shape index (κ1) is 96.8. The summed E-state index contributed by atoms with van der Waals surface area (Å²) in [5.74, 6) is -2.19. The summed E-state index contributed by atoms with van der Waals surface area (Å²) in [6.45, 7) is 4.86. The quantitative estimate of drug-likeness (QED) is 0.0169. The smallest absolute Gasteiger partial charge is 0.462 e. The van der Waals surface area contributed by atoms with Crippen LogP contribution in [-0.4, -0.2) is 96.7 Å². The van der Waals surface area contributed by atoms with E-state index >= 15 is 0 Å². The molecule has 0 rings (SSSR count). The van der Waals surface area contributed by atoms with E-state index in [0.717, 1.165) is 161 Å². The van der Waals surface area contributed by atoms with Crippen molar-refractivity contribution in [3.8, 4) is 0 Å². The molecule has 0 aromatic rings. The van der Waals surface area contributed by atoms with Crippen molar-refractivity contribution >= 4 is 39.5 Å². The fourth-order valence-electron chi connectivity index (χ4n) is 11.2. The van der Waals surface area contributed by atoms with Gasteiger partial charge in [0.15, 0.2) is 12.2 Å². The normalized spacial score (nSPS) is 14.2. The molecule has 0 saturated carbocycles. The molecule has 0 aromatic heterocycles. The van der Waals surface area contributed by atoms with Crippen LogP contribution in [0.2, 0.25) is 0 Å². The van der Waals surface area contributed by atoms with Gasteiger partial charge in [0, 0.05) is 25.7 Å². The molecule has 0 radical (unpaired) electrons. The number of carbonyl (C=O) groups is 4. The van der Waals surface area contributed by atoms with Gasteiger partial charge in [-0.1, -0.05) is 275 Å². The molecular formula is C81H148O17P2. The van der Waals surface area contributed by atoms with Gasteiger partial charge in [-0.25, -0.2) is 9.13 Å². The van der Waals surface area contributed by atoms with Crippen LogP contribution in [0.3, 0.4) is 0 Å². The van der Waals surface area contributed by atoms with Crippen molar-refractivity contribution in [2.75, 3.05) is 39.6 Å². The minimum atomic E-state index is -4.98. The summed E-state index contributed by atoms with van der Waals surface area (Å²) in [7, 11) is -9.95. The minimum Gasteiger partial charge on any atom is -0.462 e. The number of carbonyl (C=O) groups excluding carboxylic acids is 4. The van der Waals surface area contributed by atoms with Crippen LogP contribution >= 0.6 is 15.6 Å². The molecule has 5 atom stereocenters. The lowest BCUT2D eigenvalue weighted by molar-refractivity contribution is -0.161. The Labute approximate surface area is 610 Å². The Morgan fingerprint density at radius 3 is 0.770 bits per heavy atom. The molecule has 0 fully saturated rings. The number of hydrogen-bond acceptors (Lipinski definition) is 15. The molecule has 0 amide bonds. The SMILES string of the molecule is CCCCC/C=C\C/C=C\CCCCCCCC(=O)O[C@H](COC(=O)CCCCCCC/C=C\CCCCCCCC)COP(=O)(O)OC[C@@H](O)COP(=O)(O)OC[C@@H](COC(=O)CCCCCCC/C=C\CCCCCCCC)OC(=O)CCCCCCC/C=C\CCCCCCCC. The maximum Gasteiger partial charge on any atom is 0.472 e. The summed E-state index contributed by atoms with van der Waals surface area (Å²) >= 11 is 0. The lowest BCUT2D eigenvalue weighted by atomic mass is 10.1. The Bertz CT molecular complexity index is 2130. The van der Waals surface area contributed by atoms with Crippen molar-refractivity contribution < 1.29 is 80.2 Å². The second kappa shape index (κ2) is 74.0. The van der Waals surface area contributed by atoms with E-state index in [0.29, 0.717) is 25.7 Å². The molecule has 0 aromatic carbocycles. The van der Waals surface area contributed by atoms with Crippen molar-refractivity contribution in [2.24, 2.45) is 0 Å². The highest BCUT2D eigenvalue weighted by atomic mass is 31.2. The van der Waals surface area contributed by atoms with Gasteiger partial charge < -0.3 is 33.8 Å². The van der Waals surface area contributed by atoms with Crippen molar-refractivity contribution in [3.63, 3.8) is 0 Å². The average Bonchev–Trinajstić information content (AvgIpc) is 1.25. The van der Waals surface area contributed by atoms with Gasteiger partial charge >= 0.3 is 39.5 Å². The molecule has 19 heteroatoms. The number of aliphatic hydroxyl groups excluding tert-OH is 1. The van der Waals surface area contributed by atoms with Gasteiger partial charge in [0.05, 0.1) is 26.4 Å². The third kappa shape index (κ3) is 73.1. The van der Waals surface area contributed by atoms with Crippen LogP contribution in [0.4, 0.5) is 0 Å². The number of hydrogen-bond donors (Lipinski definition) is 3. The van der Waals surface area contributed by atoms with Gasteiger partial charge in [0.2, 0.25) is 0 Å². The van der Waals surface area contributed by atoms with E-state index in [2.05, 4.69) is 88.5 Å². The van der Waals surface area contributed by atoms with E-state index in [-0.39, 0.29) is 25.7 Å². The van der Waals surface area contributed by atoms with E-state index in [1.165, 1.54) is 135 Å². The zero-order valence-electron chi connectivity index (χ0n) is 63.9. The van der Waals surface area contributed by atoms with Gasteiger partial charge in [0.25, 0.3) is 0 Å². The summed E-state index contributed by atoms with van der Waals surface area (Å²) in [5.41, 5.74) is 0. The average molecular weight is 1460 g/mol. The Kier molecular flexibility index (Phi) is 71.6. The van der Waals surface area contributed by atoms with Gasteiger partial charge in [-0.15, -0.1) is 0 Å². The highest BCUT2D eigenvalue weighted by molar-refractivity contribution is 7.47. The minimum absolute atomic E-state index is 0.0808. The second-order valence-electron chi connectivity index (χ2n) is 27.3. The highest BCUT2D eigenvalue weighted by Gasteiger charge is 2.30. The summed E-state index contributed by atoms with van der Waals surface area (Å²) < 4.78 is 68.6. The Morgan fingerprint density at radius 1 is 0.280 bits per heavy atom. The van der Waals surface area contributed by atoms with E-state index in [1.807, 2.05) is 0 Å². The Morgan fingerprint density at radius 2 is 0.490 bits per heavy atom. The number of unbranched alkanes of at least 4 members (excludes halogenated alkanes) is 41. The second-order valence-corrected chi connectivity index (χ2v) is 30.3. The molecule has 584 valence electrons. The lowest BCUT2D eigenvalue weighted by Crippen LogP contribution is -2.30. The number of allylic oxidation sites excluding steroid dienone is 10. The first-order valence-electron chi connectivity index (χ1n) is 40.5. The van der Waals surface area contributed by atoms with Gasteiger partial charge in [-0.2, -0.15) is 0 Å². The van der Waals surface area contributed by atoms with E-state index in [9.17, 15) is 43.2 Å². The molecule has 100 heavy (non-hydrogen) atoms. The molecule has 0 saturated heterocycles.